The molecule has 0 amide bonds. The quantitative estimate of drug-likeness (QED) is 0.592. The Balaban J connectivity index is 1.74. The van der Waals surface area contributed by atoms with Crippen LogP contribution in [0.4, 0.5) is 5.82 Å². The summed E-state index contributed by atoms with van der Waals surface area (Å²) in [6.45, 7) is 1.50. The molecule has 1 aliphatic heterocycles. The number of para-hydroxylation sites is 1. The summed E-state index contributed by atoms with van der Waals surface area (Å²) in [5, 5.41) is 13.3. The highest BCUT2D eigenvalue weighted by atomic mass is 32.1. The van der Waals surface area contributed by atoms with Crippen LogP contribution in [0.3, 0.4) is 0 Å². The number of hydrogen-bond donors (Lipinski definition) is 1. The van der Waals surface area contributed by atoms with E-state index in [1.807, 2.05) is 28.7 Å². The lowest BCUT2D eigenvalue weighted by molar-refractivity contribution is 0.120. The van der Waals surface area contributed by atoms with Gasteiger partial charge in [0.05, 0.1) is 21.7 Å². The minimum Gasteiger partial charge on any atom is -0.376 e. The fraction of sp³-hybridized carbons (Fsp3) is 0.250. The zero-order valence-corrected chi connectivity index (χ0v) is 15.3. The molecule has 27 heavy (non-hydrogen) atoms. The molecular weight excluding hydrogens is 360 g/mol. The fourth-order valence-corrected chi connectivity index (χ4v) is 4.74. The predicted molar refractivity (Wildman–Crippen MR) is 107 cm³/mol. The molecule has 1 aliphatic rings. The molecule has 1 aromatic carbocycles. The molecule has 4 aromatic rings. The summed E-state index contributed by atoms with van der Waals surface area (Å²) in [5.74, 6) is 0.700. The van der Waals surface area contributed by atoms with Crippen molar-refractivity contribution in [1.82, 2.24) is 9.38 Å². The van der Waals surface area contributed by atoms with Crippen LogP contribution in [-0.4, -0.2) is 28.6 Å². The maximum absolute atomic E-state index is 12.8. The highest BCUT2D eigenvalue weighted by Crippen LogP contribution is 2.30. The second-order valence-corrected chi connectivity index (χ2v) is 7.64. The Morgan fingerprint density at radius 1 is 1.33 bits per heavy atom. The number of benzene rings is 1. The van der Waals surface area contributed by atoms with Crippen molar-refractivity contribution in [3.05, 3.63) is 52.2 Å². The van der Waals surface area contributed by atoms with Crippen molar-refractivity contribution in [2.45, 2.75) is 18.9 Å². The zero-order chi connectivity index (χ0) is 18.4. The largest absolute Gasteiger partial charge is 0.376 e. The number of pyridine rings is 2. The van der Waals surface area contributed by atoms with Crippen LogP contribution in [-0.2, 0) is 4.74 Å². The van der Waals surface area contributed by atoms with Gasteiger partial charge in [-0.3, -0.25) is 9.20 Å². The van der Waals surface area contributed by atoms with Gasteiger partial charge in [-0.05, 0) is 37.1 Å². The summed E-state index contributed by atoms with van der Waals surface area (Å²) in [4.78, 5) is 18.2. The maximum Gasteiger partial charge on any atom is 0.210 e. The number of hydrogen-bond acceptors (Lipinski definition) is 6. The number of rotatable bonds is 3. The summed E-state index contributed by atoms with van der Waals surface area (Å²) in [5.41, 5.74) is 1.43. The smallest absolute Gasteiger partial charge is 0.210 e. The van der Waals surface area contributed by atoms with Crippen LogP contribution in [0.15, 0.2) is 41.2 Å². The first-order chi connectivity index (χ1) is 13.3. The standard InChI is InChI=1S/C20H16N4O2S/c21-10-14-18(25)13-7-8-17(22-11-12-4-3-9-26-12)23-19(13)24-15-5-1-2-6-16(15)27-20(14)24/h1-2,5-8,12H,3-4,9,11H2,(H,22,23). The van der Waals surface area contributed by atoms with Gasteiger partial charge in [-0.2, -0.15) is 5.26 Å². The normalized spacial score (nSPS) is 16.9. The number of nitrogens with one attached hydrogen (secondary N) is 1. The van der Waals surface area contributed by atoms with Crippen molar-refractivity contribution in [3.63, 3.8) is 0 Å². The number of anilines is 1. The van der Waals surface area contributed by atoms with Crippen molar-refractivity contribution in [1.29, 1.82) is 5.26 Å². The van der Waals surface area contributed by atoms with Crippen LogP contribution >= 0.6 is 11.3 Å². The topological polar surface area (TPSA) is 79.4 Å². The van der Waals surface area contributed by atoms with E-state index in [0.29, 0.717) is 28.2 Å². The molecule has 0 radical (unpaired) electrons. The lowest BCUT2D eigenvalue weighted by atomic mass is 10.2. The van der Waals surface area contributed by atoms with Gasteiger partial charge in [0, 0.05) is 13.2 Å². The minimum atomic E-state index is -0.266. The molecule has 6 nitrogen and oxygen atoms in total. The summed E-state index contributed by atoms with van der Waals surface area (Å²) >= 11 is 1.44. The van der Waals surface area contributed by atoms with Gasteiger partial charge < -0.3 is 10.1 Å². The second kappa shape index (κ2) is 6.34. The summed E-state index contributed by atoms with van der Waals surface area (Å²) in [7, 11) is 0. The molecule has 1 fully saturated rings. The molecule has 7 heteroatoms. The van der Waals surface area contributed by atoms with E-state index in [4.69, 9.17) is 9.72 Å². The van der Waals surface area contributed by atoms with Gasteiger partial charge in [0.2, 0.25) is 5.43 Å². The lowest BCUT2D eigenvalue weighted by Crippen LogP contribution is -2.19. The molecule has 0 spiro atoms. The van der Waals surface area contributed by atoms with Gasteiger partial charge in [-0.25, -0.2) is 4.98 Å². The third-order valence-corrected chi connectivity index (χ3v) is 6.08. The zero-order valence-electron chi connectivity index (χ0n) is 14.4. The highest BCUT2D eigenvalue weighted by Gasteiger charge is 2.18. The van der Waals surface area contributed by atoms with Gasteiger partial charge in [-0.15, -0.1) is 11.3 Å². The molecule has 0 bridgehead atoms. The van der Waals surface area contributed by atoms with Gasteiger partial charge in [0.15, 0.2) is 5.65 Å². The molecule has 1 N–H and O–H groups in total. The van der Waals surface area contributed by atoms with Gasteiger partial charge in [0.1, 0.15) is 22.3 Å². The lowest BCUT2D eigenvalue weighted by Gasteiger charge is -2.12. The molecule has 0 aliphatic carbocycles. The number of aromatic nitrogens is 2. The van der Waals surface area contributed by atoms with E-state index < -0.39 is 0 Å². The van der Waals surface area contributed by atoms with Crippen molar-refractivity contribution in [3.8, 4) is 6.07 Å². The Morgan fingerprint density at radius 3 is 3.04 bits per heavy atom. The summed E-state index contributed by atoms with van der Waals surface area (Å²) < 4.78 is 8.58. The van der Waals surface area contributed by atoms with Crippen LogP contribution in [0.25, 0.3) is 26.1 Å². The van der Waals surface area contributed by atoms with Crippen LogP contribution in [0, 0.1) is 11.3 Å². The van der Waals surface area contributed by atoms with E-state index in [2.05, 4.69) is 11.4 Å². The first-order valence-corrected chi connectivity index (χ1v) is 9.70. The Kier molecular flexibility index (Phi) is 3.81. The molecule has 134 valence electrons. The Morgan fingerprint density at radius 2 is 2.22 bits per heavy atom. The van der Waals surface area contributed by atoms with Gasteiger partial charge in [-0.1, -0.05) is 12.1 Å². The summed E-state index contributed by atoms with van der Waals surface area (Å²) in [6.07, 6.45) is 2.34. The third kappa shape index (κ3) is 2.57. The van der Waals surface area contributed by atoms with Crippen LogP contribution < -0.4 is 10.7 Å². The van der Waals surface area contributed by atoms with E-state index in [0.717, 1.165) is 29.7 Å². The summed E-state index contributed by atoms with van der Waals surface area (Å²) in [6, 6.07) is 13.5. The first-order valence-electron chi connectivity index (χ1n) is 8.89. The van der Waals surface area contributed by atoms with Crippen molar-refractivity contribution < 1.29 is 4.74 Å². The van der Waals surface area contributed by atoms with E-state index >= 15 is 0 Å². The Hall–Kier alpha value is -2.95. The van der Waals surface area contributed by atoms with E-state index in [9.17, 15) is 10.1 Å². The molecule has 1 atom stereocenters. The SMILES string of the molecule is N#Cc1c(=O)c2ccc(NCC3CCCO3)nc2n2c1sc1ccccc12. The van der Waals surface area contributed by atoms with Crippen LogP contribution in [0.2, 0.25) is 0 Å². The monoisotopic (exact) mass is 376 g/mol. The molecule has 1 saturated heterocycles. The number of nitrogens with zero attached hydrogens (tertiary/aromatic N) is 3. The van der Waals surface area contributed by atoms with Gasteiger partial charge >= 0.3 is 0 Å². The number of nitriles is 1. The predicted octanol–water partition coefficient (Wildman–Crippen LogP) is 3.52. The first kappa shape index (κ1) is 16.2. The van der Waals surface area contributed by atoms with Crippen molar-refractivity contribution in [2.75, 3.05) is 18.5 Å². The van der Waals surface area contributed by atoms with E-state index in [1.54, 1.807) is 12.1 Å². The van der Waals surface area contributed by atoms with Gasteiger partial charge in [0.25, 0.3) is 0 Å². The van der Waals surface area contributed by atoms with E-state index in [-0.39, 0.29) is 17.1 Å². The number of thiazole rings is 1. The Bertz CT molecular complexity index is 1280. The number of ether oxygens (including phenoxy) is 1. The molecule has 4 heterocycles. The minimum absolute atomic E-state index is 0.172. The molecule has 3 aromatic heterocycles. The molecule has 0 saturated carbocycles. The highest BCUT2D eigenvalue weighted by molar-refractivity contribution is 7.24. The average molecular weight is 376 g/mol. The molecule has 1 unspecified atom stereocenters. The maximum atomic E-state index is 12.8. The molecular formula is C20H16N4O2S. The van der Waals surface area contributed by atoms with Crippen molar-refractivity contribution in [2.24, 2.45) is 0 Å². The van der Waals surface area contributed by atoms with E-state index in [1.165, 1.54) is 11.3 Å². The van der Waals surface area contributed by atoms with Crippen LogP contribution in [0.5, 0.6) is 0 Å². The average Bonchev–Trinajstić information content (AvgIpc) is 3.34. The molecule has 5 rings (SSSR count). The fourth-order valence-electron chi connectivity index (χ4n) is 3.61. The number of fused-ring (bicyclic) bond motifs is 5. The third-order valence-electron chi connectivity index (χ3n) is 4.94. The van der Waals surface area contributed by atoms with Crippen molar-refractivity contribution >= 4 is 43.2 Å². The second-order valence-electron chi connectivity index (χ2n) is 6.61. The Labute approximate surface area is 158 Å². The van der Waals surface area contributed by atoms with Crippen LogP contribution in [0.1, 0.15) is 18.4 Å².